The number of hydrogen-bond donors (Lipinski definition) is 1. The van der Waals surface area contributed by atoms with Crippen LogP contribution in [0.3, 0.4) is 0 Å². The minimum Gasteiger partial charge on any atom is -0.350 e. The Bertz CT molecular complexity index is 1790. The number of sulfonamides is 1. The SMILES string of the molecule is Cc1ccc(S(=O)(=O)N(CC(=O)N(Cc2cccc(C)c2)[C@@H](Cc2ccccc2)C(=O)NC(C)(C)C)c2ccc(Cl)c(Cl)c2)cc1. The van der Waals surface area contributed by atoms with Crippen LogP contribution in [-0.4, -0.2) is 43.3 Å². The van der Waals surface area contributed by atoms with E-state index in [0.29, 0.717) is 0 Å². The van der Waals surface area contributed by atoms with Gasteiger partial charge in [0.2, 0.25) is 11.8 Å². The first-order chi connectivity index (χ1) is 21.6. The molecule has 4 aromatic rings. The number of aryl methyl sites for hydroxylation is 2. The Balaban J connectivity index is 1.84. The van der Waals surface area contributed by atoms with E-state index in [4.69, 9.17) is 23.2 Å². The van der Waals surface area contributed by atoms with Crippen molar-refractivity contribution >= 4 is 50.7 Å². The van der Waals surface area contributed by atoms with Crippen molar-refractivity contribution in [1.29, 1.82) is 0 Å². The van der Waals surface area contributed by atoms with Gasteiger partial charge in [-0.05, 0) is 76.1 Å². The second kappa shape index (κ2) is 14.7. The van der Waals surface area contributed by atoms with Gasteiger partial charge in [0.1, 0.15) is 12.6 Å². The van der Waals surface area contributed by atoms with Crippen molar-refractivity contribution in [3.05, 3.63) is 129 Å². The van der Waals surface area contributed by atoms with Gasteiger partial charge in [0.05, 0.1) is 20.6 Å². The zero-order chi connectivity index (χ0) is 33.6. The molecule has 0 unspecified atom stereocenters. The summed E-state index contributed by atoms with van der Waals surface area (Å²) in [5.74, 6) is -0.909. The molecule has 4 rings (SSSR count). The van der Waals surface area contributed by atoms with E-state index in [1.807, 2.05) is 89.2 Å². The Morgan fingerprint density at radius 1 is 0.783 bits per heavy atom. The van der Waals surface area contributed by atoms with E-state index in [-0.39, 0.29) is 39.5 Å². The molecule has 0 radical (unpaired) electrons. The van der Waals surface area contributed by atoms with Gasteiger partial charge in [0.15, 0.2) is 0 Å². The van der Waals surface area contributed by atoms with Crippen LogP contribution >= 0.6 is 23.2 Å². The van der Waals surface area contributed by atoms with Crippen LogP contribution in [0.2, 0.25) is 10.0 Å². The van der Waals surface area contributed by atoms with E-state index in [1.165, 1.54) is 35.2 Å². The molecule has 242 valence electrons. The second-order valence-electron chi connectivity index (χ2n) is 12.4. The number of nitrogens with one attached hydrogen (secondary N) is 1. The highest BCUT2D eigenvalue weighted by Gasteiger charge is 2.35. The Kier molecular flexibility index (Phi) is 11.2. The van der Waals surface area contributed by atoms with E-state index in [0.717, 1.165) is 26.6 Å². The zero-order valence-electron chi connectivity index (χ0n) is 26.6. The first-order valence-corrected chi connectivity index (χ1v) is 17.1. The third kappa shape index (κ3) is 9.12. The molecule has 0 spiro atoms. The van der Waals surface area contributed by atoms with Crippen molar-refractivity contribution in [2.24, 2.45) is 0 Å². The molecule has 0 bridgehead atoms. The van der Waals surface area contributed by atoms with Gasteiger partial charge in [-0.2, -0.15) is 0 Å². The molecule has 1 N–H and O–H groups in total. The lowest BCUT2D eigenvalue weighted by Crippen LogP contribution is -2.56. The number of anilines is 1. The zero-order valence-corrected chi connectivity index (χ0v) is 29.0. The van der Waals surface area contributed by atoms with Crippen molar-refractivity contribution in [3.63, 3.8) is 0 Å². The predicted molar refractivity (Wildman–Crippen MR) is 186 cm³/mol. The van der Waals surface area contributed by atoms with E-state index >= 15 is 0 Å². The monoisotopic (exact) mass is 679 g/mol. The van der Waals surface area contributed by atoms with Gasteiger partial charge in [-0.1, -0.05) is 101 Å². The summed E-state index contributed by atoms with van der Waals surface area (Å²) in [4.78, 5) is 30.0. The van der Waals surface area contributed by atoms with Crippen molar-refractivity contribution in [3.8, 4) is 0 Å². The Hall–Kier alpha value is -3.85. The van der Waals surface area contributed by atoms with Crippen molar-refractivity contribution in [2.45, 2.75) is 64.1 Å². The Morgan fingerprint density at radius 2 is 1.43 bits per heavy atom. The predicted octanol–water partition coefficient (Wildman–Crippen LogP) is 7.36. The number of carbonyl (C=O) groups is 2. The first-order valence-electron chi connectivity index (χ1n) is 14.9. The summed E-state index contributed by atoms with van der Waals surface area (Å²) in [6.07, 6.45) is 0.220. The van der Waals surface area contributed by atoms with Gasteiger partial charge < -0.3 is 10.2 Å². The highest BCUT2D eigenvalue weighted by molar-refractivity contribution is 7.92. The van der Waals surface area contributed by atoms with E-state index in [9.17, 15) is 18.0 Å². The molecule has 0 aliphatic heterocycles. The highest BCUT2D eigenvalue weighted by atomic mass is 35.5. The molecule has 2 amide bonds. The molecule has 7 nitrogen and oxygen atoms in total. The van der Waals surface area contributed by atoms with Crippen molar-refractivity contribution in [2.75, 3.05) is 10.8 Å². The van der Waals surface area contributed by atoms with Crippen LogP contribution in [0, 0.1) is 13.8 Å². The lowest BCUT2D eigenvalue weighted by Gasteiger charge is -2.35. The van der Waals surface area contributed by atoms with Crippen LogP contribution in [0.4, 0.5) is 5.69 Å². The average molecular weight is 681 g/mol. The standard InChI is InChI=1S/C36H39Cl2N3O4S/c1-25-14-17-30(18-15-25)46(44,45)41(29-16-19-31(37)32(38)22-29)24-34(42)40(23-28-13-9-10-26(2)20-28)33(35(43)39-36(3,4)5)21-27-11-7-6-8-12-27/h6-20,22,33H,21,23-24H2,1-5H3,(H,39,43)/t33-/m0/s1. The quantitative estimate of drug-likeness (QED) is 0.179. The molecule has 0 saturated heterocycles. The number of halogens is 2. The van der Waals surface area contributed by atoms with Gasteiger partial charge in [-0.3, -0.25) is 13.9 Å². The van der Waals surface area contributed by atoms with Crippen LogP contribution in [0.1, 0.15) is 43.0 Å². The Labute approximate surface area is 282 Å². The average Bonchev–Trinajstić information content (AvgIpc) is 2.99. The van der Waals surface area contributed by atoms with Gasteiger partial charge in [-0.25, -0.2) is 8.42 Å². The Morgan fingerprint density at radius 3 is 2.04 bits per heavy atom. The lowest BCUT2D eigenvalue weighted by atomic mass is 10.0. The number of carbonyl (C=O) groups excluding carboxylic acids is 2. The van der Waals surface area contributed by atoms with Gasteiger partial charge >= 0.3 is 0 Å². The topological polar surface area (TPSA) is 86.8 Å². The molecule has 1 atom stereocenters. The molecule has 46 heavy (non-hydrogen) atoms. The van der Waals surface area contributed by atoms with Crippen molar-refractivity contribution in [1.82, 2.24) is 10.2 Å². The van der Waals surface area contributed by atoms with E-state index in [1.54, 1.807) is 12.1 Å². The molecule has 0 aromatic heterocycles. The number of amides is 2. The first kappa shape index (κ1) is 35.0. The van der Waals surface area contributed by atoms with Crippen LogP contribution < -0.4 is 9.62 Å². The lowest BCUT2D eigenvalue weighted by molar-refractivity contribution is -0.140. The summed E-state index contributed by atoms with van der Waals surface area (Å²) < 4.78 is 29.4. The van der Waals surface area contributed by atoms with E-state index in [2.05, 4.69) is 5.32 Å². The van der Waals surface area contributed by atoms with E-state index < -0.39 is 34.1 Å². The number of hydrogen-bond acceptors (Lipinski definition) is 4. The fourth-order valence-corrected chi connectivity index (χ4v) is 6.72. The second-order valence-corrected chi connectivity index (χ2v) is 15.1. The van der Waals surface area contributed by atoms with Crippen molar-refractivity contribution < 1.29 is 18.0 Å². The summed E-state index contributed by atoms with van der Waals surface area (Å²) in [5, 5.41) is 3.42. The minimum absolute atomic E-state index is 0.00789. The summed E-state index contributed by atoms with van der Waals surface area (Å²) in [7, 11) is -4.26. The maximum Gasteiger partial charge on any atom is 0.264 e. The number of rotatable bonds is 11. The molecular weight excluding hydrogens is 641 g/mol. The molecule has 0 aliphatic rings. The maximum atomic E-state index is 14.6. The smallest absolute Gasteiger partial charge is 0.264 e. The largest absolute Gasteiger partial charge is 0.350 e. The molecule has 4 aromatic carbocycles. The third-order valence-corrected chi connectivity index (χ3v) is 9.81. The van der Waals surface area contributed by atoms with Gasteiger partial charge in [0, 0.05) is 18.5 Å². The molecule has 0 heterocycles. The molecule has 0 saturated carbocycles. The summed E-state index contributed by atoms with van der Waals surface area (Å²) >= 11 is 12.5. The highest BCUT2D eigenvalue weighted by Crippen LogP contribution is 2.31. The molecule has 0 fully saturated rings. The normalized spacial score (nSPS) is 12.3. The summed E-state index contributed by atoms with van der Waals surface area (Å²) in [6, 6.07) is 26.9. The minimum atomic E-state index is -4.26. The number of benzene rings is 4. The van der Waals surface area contributed by atoms with Gasteiger partial charge in [0.25, 0.3) is 10.0 Å². The molecular formula is C36H39Cl2N3O4S. The fraction of sp³-hybridized carbons (Fsp3) is 0.278. The van der Waals surface area contributed by atoms with Crippen LogP contribution in [0.25, 0.3) is 0 Å². The summed E-state index contributed by atoms with van der Waals surface area (Å²) in [5.41, 5.74) is 3.12. The third-order valence-electron chi connectivity index (χ3n) is 7.28. The number of nitrogens with zero attached hydrogens (tertiary/aromatic N) is 2. The fourth-order valence-electron chi connectivity index (χ4n) is 5.02. The van der Waals surface area contributed by atoms with Crippen LogP contribution in [0.5, 0.6) is 0 Å². The van der Waals surface area contributed by atoms with Gasteiger partial charge in [-0.15, -0.1) is 0 Å². The van der Waals surface area contributed by atoms with Crippen LogP contribution in [-0.2, 0) is 32.6 Å². The van der Waals surface area contributed by atoms with Crippen LogP contribution in [0.15, 0.2) is 102 Å². The maximum absolute atomic E-state index is 14.6. The summed E-state index contributed by atoms with van der Waals surface area (Å²) in [6.45, 7) is 8.91. The molecule has 10 heteroatoms. The molecule has 0 aliphatic carbocycles.